The number of allylic oxidation sites excluding steroid dienone is 6. The van der Waals surface area contributed by atoms with E-state index in [1.165, 1.54) is 95.2 Å². The quantitative estimate of drug-likeness (QED) is 0.174. The van der Waals surface area contributed by atoms with Crippen molar-refractivity contribution in [2.75, 3.05) is 6.16 Å². The Labute approximate surface area is 231 Å². The molecule has 0 aromatic rings. The highest BCUT2D eigenvalue weighted by atomic mass is 79.9. The highest BCUT2D eigenvalue weighted by molar-refractivity contribution is 7.78. The smallest absolute Gasteiger partial charge is 0.0784 e. The first-order chi connectivity index (χ1) is 16.5. The summed E-state index contributed by atoms with van der Waals surface area (Å²) in [6.45, 7) is 9.22. The highest BCUT2D eigenvalue weighted by Crippen LogP contribution is 2.77. The van der Waals surface area contributed by atoms with Crippen molar-refractivity contribution in [1.29, 1.82) is 0 Å². The molecule has 2 heteroatoms. The van der Waals surface area contributed by atoms with Crippen LogP contribution in [0.1, 0.15) is 150 Å². The Hall–Kier alpha value is 0.130. The minimum absolute atomic E-state index is 0. The molecule has 0 nitrogen and oxygen atoms in total. The van der Waals surface area contributed by atoms with E-state index in [1.807, 2.05) is 0 Å². The zero-order valence-electron chi connectivity index (χ0n) is 23.9. The predicted octanol–water partition coefficient (Wildman–Crippen LogP) is 8.43. The van der Waals surface area contributed by atoms with Crippen molar-refractivity contribution in [1.82, 2.24) is 0 Å². The van der Waals surface area contributed by atoms with Crippen molar-refractivity contribution in [3.05, 3.63) is 34.9 Å². The highest BCUT2D eigenvalue weighted by Gasteiger charge is 2.56. The molecular formula is C33H58BrP. The monoisotopic (exact) mass is 564 g/mol. The Bertz CT molecular complexity index is 620. The molecule has 0 aromatic carbocycles. The van der Waals surface area contributed by atoms with Gasteiger partial charge >= 0.3 is 0 Å². The van der Waals surface area contributed by atoms with Crippen LogP contribution in [0.15, 0.2) is 34.9 Å². The van der Waals surface area contributed by atoms with Gasteiger partial charge in [-0.3, -0.25) is 0 Å². The molecule has 0 heterocycles. The van der Waals surface area contributed by atoms with E-state index >= 15 is 0 Å². The molecule has 3 saturated carbocycles. The van der Waals surface area contributed by atoms with Crippen LogP contribution in [0.5, 0.6) is 0 Å². The lowest BCUT2D eigenvalue weighted by Crippen LogP contribution is -3.00. The zero-order valence-corrected chi connectivity index (χ0v) is 26.4. The molecule has 0 aliphatic heterocycles. The van der Waals surface area contributed by atoms with Crippen LogP contribution in [0.2, 0.25) is 0 Å². The topological polar surface area (TPSA) is 0 Å². The van der Waals surface area contributed by atoms with Gasteiger partial charge in [0.05, 0.1) is 23.1 Å². The summed E-state index contributed by atoms with van der Waals surface area (Å²) < 4.78 is 0. The van der Waals surface area contributed by atoms with E-state index in [2.05, 4.69) is 45.9 Å². The van der Waals surface area contributed by atoms with Gasteiger partial charge in [0.1, 0.15) is 0 Å². The van der Waals surface area contributed by atoms with E-state index in [4.69, 9.17) is 0 Å². The van der Waals surface area contributed by atoms with Crippen molar-refractivity contribution < 1.29 is 17.0 Å². The molecule has 35 heavy (non-hydrogen) atoms. The average molecular weight is 566 g/mol. The summed E-state index contributed by atoms with van der Waals surface area (Å²) in [6, 6.07) is 0. The maximum atomic E-state index is 2.82. The van der Waals surface area contributed by atoms with Crippen LogP contribution >= 0.6 is 7.26 Å². The fraction of sp³-hybridized carbons (Fsp3) is 0.818. The molecular weight excluding hydrogens is 507 g/mol. The SMILES string of the molecule is CC(C)=CCCC(C)=CCCC(C)=CC[P+](C1CCCCC1)(C1CCCCC1)C1CCCCC1.[Br-]. The van der Waals surface area contributed by atoms with Gasteiger partial charge in [-0.25, -0.2) is 0 Å². The van der Waals surface area contributed by atoms with Crippen LogP contribution in [-0.4, -0.2) is 23.1 Å². The molecule has 202 valence electrons. The van der Waals surface area contributed by atoms with Crippen LogP contribution in [0.25, 0.3) is 0 Å². The minimum Gasteiger partial charge on any atom is -1.00 e. The van der Waals surface area contributed by atoms with Gasteiger partial charge in [0.25, 0.3) is 0 Å². The van der Waals surface area contributed by atoms with Gasteiger partial charge in [-0.2, -0.15) is 0 Å². The fourth-order valence-corrected chi connectivity index (χ4v) is 15.0. The van der Waals surface area contributed by atoms with E-state index in [0.29, 0.717) is 0 Å². The lowest BCUT2D eigenvalue weighted by Gasteiger charge is -2.48. The molecule has 0 aromatic heterocycles. The predicted molar refractivity (Wildman–Crippen MR) is 158 cm³/mol. The normalized spacial score (nSPS) is 22.1. The first kappa shape index (κ1) is 31.3. The van der Waals surface area contributed by atoms with Crippen LogP contribution in [0, 0.1) is 0 Å². The number of hydrogen-bond donors (Lipinski definition) is 0. The summed E-state index contributed by atoms with van der Waals surface area (Å²) in [7, 11) is -0.950. The first-order valence-electron chi connectivity index (χ1n) is 15.3. The Morgan fingerprint density at radius 2 is 0.914 bits per heavy atom. The van der Waals surface area contributed by atoms with Crippen LogP contribution in [-0.2, 0) is 0 Å². The van der Waals surface area contributed by atoms with Crippen LogP contribution in [0.4, 0.5) is 0 Å². The molecule has 0 radical (unpaired) electrons. The summed E-state index contributed by atoms with van der Waals surface area (Å²) in [5.74, 6) is 0. The summed E-state index contributed by atoms with van der Waals surface area (Å²) >= 11 is 0. The average Bonchev–Trinajstić information content (AvgIpc) is 2.86. The van der Waals surface area contributed by atoms with E-state index in [-0.39, 0.29) is 17.0 Å². The molecule has 3 rings (SSSR count). The third kappa shape index (κ3) is 9.74. The second-order valence-corrected chi connectivity index (χ2v) is 17.1. The zero-order chi connectivity index (χ0) is 24.2. The Morgan fingerprint density at radius 1 is 0.543 bits per heavy atom. The Kier molecular flexibility index (Phi) is 15.1. The third-order valence-corrected chi connectivity index (χ3v) is 16.1. The second-order valence-electron chi connectivity index (χ2n) is 12.5. The number of halogens is 1. The van der Waals surface area contributed by atoms with Crippen molar-refractivity contribution in [2.45, 2.75) is 167 Å². The lowest BCUT2D eigenvalue weighted by atomic mass is 9.99. The fourth-order valence-electron chi connectivity index (χ4n) is 7.68. The summed E-state index contributed by atoms with van der Waals surface area (Å²) in [5.41, 5.74) is 8.09. The Morgan fingerprint density at radius 3 is 1.31 bits per heavy atom. The minimum atomic E-state index is -0.950. The summed E-state index contributed by atoms with van der Waals surface area (Å²) in [4.78, 5) is 0. The van der Waals surface area contributed by atoms with Crippen molar-refractivity contribution in [3.8, 4) is 0 Å². The summed E-state index contributed by atoms with van der Waals surface area (Å²) in [5, 5.41) is 0. The van der Waals surface area contributed by atoms with E-state index in [1.54, 1.807) is 49.7 Å². The van der Waals surface area contributed by atoms with Crippen molar-refractivity contribution in [3.63, 3.8) is 0 Å². The third-order valence-electron chi connectivity index (χ3n) is 9.64. The van der Waals surface area contributed by atoms with Gasteiger partial charge in [0, 0.05) is 7.26 Å². The molecule has 0 saturated heterocycles. The molecule has 0 spiro atoms. The van der Waals surface area contributed by atoms with Crippen molar-refractivity contribution in [2.24, 2.45) is 0 Å². The van der Waals surface area contributed by atoms with Gasteiger partial charge in [0.15, 0.2) is 0 Å². The van der Waals surface area contributed by atoms with Crippen LogP contribution < -0.4 is 17.0 Å². The molecule has 0 atom stereocenters. The molecule has 3 aliphatic rings. The Balaban J connectivity index is 0.00000432. The number of hydrogen-bond acceptors (Lipinski definition) is 0. The molecule has 0 unspecified atom stereocenters. The molecule has 3 aliphatic carbocycles. The number of rotatable bonds is 11. The van der Waals surface area contributed by atoms with Crippen LogP contribution in [0.3, 0.4) is 0 Å². The maximum absolute atomic E-state index is 2.82. The van der Waals surface area contributed by atoms with Gasteiger partial charge < -0.3 is 17.0 Å². The molecule has 3 fully saturated rings. The molecule has 0 N–H and O–H groups in total. The van der Waals surface area contributed by atoms with Gasteiger partial charge in [-0.1, -0.05) is 48.1 Å². The summed E-state index contributed by atoms with van der Waals surface area (Å²) in [6.07, 6.45) is 37.4. The standard InChI is InChI=1S/C33H58P.BrH/c1-28(2)16-14-17-29(3)18-15-19-30(4)26-27-34(31-20-8-5-9-21-31,32-22-10-6-11-23-32)33-24-12-7-13-25-33;/h16,18,26,31-33H,5-15,17,19-25,27H2,1-4H3;1H/q+1;/p-1. The largest absolute Gasteiger partial charge is 1.00 e. The van der Waals surface area contributed by atoms with E-state index in [9.17, 15) is 0 Å². The first-order valence-corrected chi connectivity index (χ1v) is 17.5. The second kappa shape index (κ2) is 16.9. The maximum Gasteiger partial charge on any atom is 0.0784 e. The van der Waals surface area contributed by atoms with Gasteiger partial charge in [-0.15, -0.1) is 0 Å². The van der Waals surface area contributed by atoms with E-state index in [0.717, 1.165) is 17.0 Å². The molecule has 0 bridgehead atoms. The molecule has 0 amide bonds. The van der Waals surface area contributed by atoms with Gasteiger partial charge in [0.2, 0.25) is 0 Å². The van der Waals surface area contributed by atoms with Gasteiger partial charge in [-0.05, 0) is 137 Å². The van der Waals surface area contributed by atoms with Crippen molar-refractivity contribution >= 4 is 7.26 Å². The lowest BCUT2D eigenvalue weighted by molar-refractivity contribution is -0.00000750. The van der Waals surface area contributed by atoms with E-state index < -0.39 is 7.26 Å².